The molecule has 0 aliphatic heterocycles. The van der Waals surface area contributed by atoms with Gasteiger partial charge in [0.1, 0.15) is 18.2 Å². The third kappa shape index (κ3) is 10.7. The highest BCUT2D eigenvalue weighted by Gasteiger charge is 2.36. The van der Waals surface area contributed by atoms with Gasteiger partial charge in [-0.1, -0.05) is 44.2 Å². The van der Waals surface area contributed by atoms with Gasteiger partial charge in [-0.25, -0.2) is 4.79 Å². The zero-order valence-corrected chi connectivity index (χ0v) is 21.8. The van der Waals surface area contributed by atoms with E-state index in [2.05, 4.69) is 24.5 Å². The van der Waals surface area contributed by atoms with E-state index >= 15 is 0 Å². The molecule has 186 valence electrons. The number of amides is 3. The predicted octanol–water partition coefficient (Wildman–Crippen LogP) is 4.82. The lowest BCUT2D eigenvalue weighted by atomic mass is 9.97. The Hall–Kier alpha value is -2.57. The van der Waals surface area contributed by atoms with Crippen LogP contribution in [0.15, 0.2) is 30.3 Å². The van der Waals surface area contributed by atoms with Gasteiger partial charge in [-0.2, -0.15) is 0 Å². The topological polar surface area (TPSA) is 87.7 Å². The average Bonchev–Trinajstić information content (AvgIpc) is 2.66. The van der Waals surface area contributed by atoms with Crippen molar-refractivity contribution in [2.75, 3.05) is 6.54 Å². The van der Waals surface area contributed by atoms with Crippen molar-refractivity contribution in [1.29, 1.82) is 0 Å². The molecule has 0 aromatic heterocycles. The molecule has 0 aliphatic carbocycles. The molecule has 2 N–H and O–H groups in total. The Labute approximate surface area is 199 Å². The van der Waals surface area contributed by atoms with Gasteiger partial charge >= 0.3 is 6.09 Å². The standard InChI is InChI=1S/C26H43N3O4/c1-18(2)15-16-19(3)29(21(30)17-27-24(32)33-26(7,8)9)22(20-13-11-10-12-14-20)23(31)28-25(4,5)6/h10-14,18-19,22H,15-17H2,1-9H3,(H,27,32)(H,28,31). The van der Waals surface area contributed by atoms with Crippen LogP contribution in [0.4, 0.5) is 4.79 Å². The Morgan fingerprint density at radius 1 is 0.939 bits per heavy atom. The third-order valence-electron chi connectivity index (χ3n) is 4.85. The molecule has 0 saturated carbocycles. The average molecular weight is 462 g/mol. The number of nitrogens with zero attached hydrogens (tertiary/aromatic N) is 1. The summed E-state index contributed by atoms with van der Waals surface area (Å²) < 4.78 is 5.27. The zero-order valence-electron chi connectivity index (χ0n) is 21.8. The quantitative estimate of drug-likeness (QED) is 0.552. The second kappa shape index (κ2) is 12.1. The van der Waals surface area contributed by atoms with Gasteiger partial charge in [-0.3, -0.25) is 9.59 Å². The lowest BCUT2D eigenvalue weighted by Gasteiger charge is -2.38. The van der Waals surface area contributed by atoms with E-state index in [0.29, 0.717) is 5.92 Å². The minimum Gasteiger partial charge on any atom is -0.444 e. The minimum atomic E-state index is -0.819. The summed E-state index contributed by atoms with van der Waals surface area (Å²) in [6.07, 6.45) is 0.982. The summed E-state index contributed by atoms with van der Waals surface area (Å²) in [6.45, 7) is 17.0. The molecule has 3 amide bonds. The van der Waals surface area contributed by atoms with Crippen molar-refractivity contribution in [3.05, 3.63) is 35.9 Å². The predicted molar refractivity (Wildman–Crippen MR) is 132 cm³/mol. The summed E-state index contributed by atoms with van der Waals surface area (Å²) in [4.78, 5) is 40.7. The fourth-order valence-electron chi connectivity index (χ4n) is 3.42. The van der Waals surface area contributed by atoms with Gasteiger partial charge in [0.05, 0.1) is 0 Å². The van der Waals surface area contributed by atoms with Gasteiger partial charge in [-0.15, -0.1) is 0 Å². The molecular formula is C26H43N3O4. The Kier molecular flexibility index (Phi) is 10.4. The molecule has 0 fully saturated rings. The number of carbonyl (C=O) groups is 3. The molecule has 0 spiro atoms. The lowest BCUT2D eigenvalue weighted by Crippen LogP contribution is -2.53. The molecule has 1 aromatic rings. The van der Waals surface area contributed by atoms with E-state index < -0.39 is 23.3 Å². The maximum absolute atomic E-state index is 13.5. The Balaban J connectivity index is 3.28. The number of benzene rings is 1. The van der Waals surface area contributed by atoms with Crippen LogP contribution < -0.4 is 10.6 Å². The minimum absolute atomic E-state index is 0.212. The number of rotatable bonds is 9. The summed E-state index contributed by atoms with van der Waals surface area (Å²) in [6, 6.07) is 8.26. The molecule has 33 heavy (non-hydrogen) atoms. The van der Waals surface area contributed by atoms with Crippen LogP contribution in [0, 0.1) is 5.92 Å². The summed E-state index contributed by atoms with van der Waals surface area (Å²) in [5.41, 5.74) is -0.410. The molecule has 2 unspecified atom stereocenters. The molecule has 1 aromatic carbocycles. The smallest absolute Gasteiger partial charge is 0.408 e. The Morgan fingerprint density at radius 2 is 1.52 bits per heavy atom. The molecule has 7 nitrogen and oxygen atoms in total. The first-order valence-corrected chi connectivity index (χ1v) is 11.8. The second-order valence-corrected chi connectivity index (χ2v) is 11.0. The summed E-state index contributed by atoms with van der Waals surface area (Å²) in [7, 11) is 0. The first-order chi connectivity index (χ1) is 15.1. The van der Waals surface area contributed by atoms with E-state index in [4.69, 9.17) is 4.74 Å². The van der Waals surface area contributed by atoms with Gasteiger partial charge in [-0.05, 0) is 72.8 Å². The molecule has 0 saturated heterocycles. The first kappa shape index (κ1) is 28.5. The van der Waals surface area contributed by atoms with Gasteiger partial charge in [0.15, 0.2) is 0 Å². The maximum Gasteiger partial charge on any atom is 0.408 e. The molecule has 0 bridgehead atoms. The number of carbonyl (C=O) groups excluding carboxylic acids is 3. The molecule has 1 rings (SSSR count). The maximum atomic E-state index is 13.5. The van der Waals surface area contributed by atoms with Crippen molar-refractivity contribution >= 4 is 17.9 Å². The SMILES string of the molecule is CC(C)CCC(C)N(C(=O)CNC(=O)OC(C)(C)C)C(C(=O)NC(C)(C)C)c1ccccc1. The van der Waals surface area contributed by atoms with Crippen molar-refractivity contribution in [3.8, 4) is 0 Å². The van der Waals surface area contributed by atoms with Gasteiger partial charge < -0.3 is 20.3 Å². The van der Waals surface area contributed by atoms with Crippen molar-refractivity contribution in [2.45, 2.75) is 98.4 Å². The second-order valence-electron chi connectivity index (χ2n) is 11.0. The molecule has 0 heterocycles. The van der Waals surface area contributed by atoms with Crippen LogP contribution in [-0.4, -0.2) is 46.5 Å². The zero-order chi connectivity index (χ0) is 25.4. The van der Waals surface area contributed by atoms with Crippen LogP contribution >= 0.6 is 0 Å². The highest BCUT2D eigenvalue weighted by molar-refractivity contribution is 5.91. The Morgan fingerprint density at radius 3 is 2.00 bits per heavy atom. The molecular weight excluding hydrogens is 418 g/mol. The summed E-state index contributed by atoms with van der Waals surface area (Å²) in [5, 5.41) is 5.57. The fraction of sp³-hybridized carbons (Fsp3) is 0.654. The van der Waals surface area contributed by atoms with Crippen molar-refractivity contribution in [2.24, 2.45) is 5.92 Å². The van der Waals surface area contributed by atoms with E-state index in [1.807, 2.05) is 58.0 Å². The van der Waals surface area contributed by atoms with E-state index in [-0.39, 0.29) is 24.4 Å². The van der Waals surface area contributed by atoms with Crippen LogP contribution in [0.1, 0.15) is 86.8 Å². The molecule has 0 radical (unpaired) electrons. The lowest BCUT2D eigenvalue weighted by molar-refractivity contribution is -0.143. The van der Waals surface area contributed by atoms with Crippen molar-refractivity contribution < 1.29 is 19.1 Å². The normalized spacial score (nSPS) is 13.8. The monoisotopic (exact) mass is 461 g/mol. The van der Waals surface area contributed by atoms with E-state index in [0.717, 1.165) is 18.4 Å². The number of nitrogens with one attached hydrogen (secondary N) is 2. The van der Waals surface area contributed by atoms with Crippen LogP contribution in [0.2, 0.25) is 0 Å². The number of hydrogen-bond acceptors (Lipinski definition) is 4. The summed E-state index contributed by atoms with van der Waals surface area (Å²) >= 11 is 0. The molecule has 2 atom stereocenters. The van der Waals surface area contributed by atoms with E-state index in [1.54, 1.807) is 25.7 Å². The van der Waals surface area contributed by atoms with Crippen LogP contribution in [-0.2, 0) is 14.3 Å². The van der Waals surface area contributed by atoms with Gasteiger partial charge in [0, 0.05) is 11.6 Å². The summed E-state index contributed by atoms with van der Waals surface area (Å²) in [5.74, 6) is -0.131. The Bertz CT molecular complexity index is 779. The van der Waals surface area contributed by atoms with Crippen LogP contribution in [0.3, 0.4) is 0 Å². The highest BCUT2D eigenvalue weighted by Crippen LogP contribution is 2.27. The third-order valence-corrected chi connectivity index (χ3v) is 4.85. The largest absolute Gasteiger partial charge is 0.444 e. The highest BCUT2D eigenvalue weighted by atomic mass is 16.6. The number of ether oxygens (including phenoxy) is 1. The number of hydrogen-bond donors (Lipinski definition) is 2. The van der Waals surface area contributed by atoms with Gasteiger partial charge in [0.2, 0.25) is 11.8 Å². The first-order valence-electron chi connectivity index (χ1n) is 11.8. The van der Waals surface area contributed by atoms with E-state index in [9.17, 15) is 14.4 Å². The number of alkyl carbamates (subject to hydrolysis) is 1. The van der Waals surface area contributed by atoms with Crippen LogP contribution in [0.5, 0.6) is 0 Å². The van der Waals surface area contributed by atoms with Gasteiger partial charge in [0.25, 0.3) is 0 Å². The molecule has 7 heteroatoms. The van der Waals surface area contributed by atoms with Crippen molar-refractivity contribution in [3.63, 3.8) is 0 Å². The molecule has 0 aliphatic rings. The van der Waals surface area contributed by atoms with Crippen molar-refractivity contribution in [1.82, 2.24) is 15.5 Å². The van der Waals surface area contributed by atoms with Crippen LogP contribution in [0.25, 0.3) is 0 Å². The fourth-order valence-corrected chi connectivity index (χ4v) is 3.42. The van der Waals surface area contributed by atoms with E-state index in [1.165, 1.54) is 0 Å².